The normalized spacial score (nSPS) is 11.2. The van der Waals surface area contributed by atoms with Gasteiger partial charge >= 0.3 is 0 Å². The maximum atomic E-state index is 14.1. The molecule has 0 spiro atoms. The zero-order valence-corrected chi connectivity index (χ0v) is 14.3. The van der Waals surface area contributed by atoms with Crippen LogP contribution in [0.3, 0.4) is 0 Å². The Balaban J connectivity index is 2.18. The third kappa shape index (κ3) is 3.23. The molecule has 0 bridgehead atoms. The number of nitrogens with one attached hydrogen (secondary N) is 1. The van der Waals surface area contributed by atoms with Gasteiger partial charge < -0.3 is 5.32 Å². The van der Waals surface area contributed by atoms with Gasteiger partial charge in [0.2, 0.25) is 5.95 Å². The molecule has 3 nitrogen and oxygen atoms in total. The van der Waals surface area contributed by atoms with Crippen molar-refractivity contribution >= 4 is 16.7 Å². The van der Waals surface area contributed by atoms with Crippen LogP contribution in [0.25, 0.3) is 22.0 Å². The van der Waals surface area contributed by atoms with Gasteiger partial charge in [-0.2, -0.15) is 0 Å². The first-order valence-corrected chi connectivity index (χ1v) is 8.40. The van der Waals surface area contributed by atoms with Crippen molar-refractivity contribution in [3.05, 3.63) is 54.0 Å². The molecular formula is C20H22FN3. The van der Waals surface area contributed by atoms with E-state index in [9.17, 15) is 4.39 Å². The number of hydrogen-bond acceptors (Lipinski definition) is 3. The molecule has 1 heterocycles. The molecule has 0 aliphatic carbocycles. The van der Waals surface area contributed by atoms with Gasteiger partial charge in [-0.15, -0.1) is 0 Å². The summed E-state index contributed by atoms with van der Waals surface area (Å²) in [7, 11) is 0. The van der Waals surface area contributed by atoms with Gasteiger partial charge in [0.1, 0.15) is 5.82 Å². The molecule has 0 atom stereocenters. The Morgan fingerprint density at radius 1 is 1.04 bits per heavy atom. The van der Waals surface area contributed by atoms with Crippen LogP contribution in [-0.2, 0) is 0 Å². The zero-order chi connectivity index (χ0) is 17.1. The van der Waals surface area contributed by atoms with Gasteiger partial charge in [-0.3, -0.25) is 0 Å². The Hall–Kier alpha value is -2.49. The Kier molecular flexibility index (Phi) is 4.74. The first-order valence-electron chi connectivity index (χ1n) is 8.40. The van der Waals surface area contributed by atoms with Crippen molar-refractivity contribution in [1.29, 1.82) is 0 Å². The van der Waals surface area contributed by atoms with Gasteiger partial charge in [-0.05, 0) is 35.9 Å². The molecule has 0 amide bonds. The number of nitrogens with zero attached hydrogens (tertiary/aromatic N) is 2. The molecule has 0 saturated heterocycles. The molecule has 1 aromatic heterocycles. The highest BCUT2D eigenvalue weighted by atomic mass is 19.1. The van der Waals surface area contributed by atoms with Crippen molar-refractivity contribution in [3.63, 3.8) is 0 Å². The third-order valence-electron chi connectivity index (χ3n) is 4.02. The molecule has 0 aliphatic heterocycles. The fourth-order valence-corrected chi connectivity index (χ4v) is 2.70. The molecule has 0 saturated carbocycles. The summed E-state index contributed by atoms with van der Waals surface area (Å²) in [6.45, 7) is 7.15. The van der Waals surface area contributed by atoms with E-state index in [1.165, 1.54) is 6.07 Å². The molecule has 0 aliphatic rings. The predicted octanol–water partition coefficient (Wildman–Crippen LogP) is 5.38. The SMILES string of the molecule is CCCNc1nc(-c2ccc(F)c3ccccc23)cc(C(C)C)n1. The molecular weight excluding hydrogens is 301 g/mol. The molecule has 124 valence electrons. The van der Waals surface area contributed by atoms with Gasteiger partial charge in [0.25, 0.3) is 0 Å². The molecule has 0 unspecified atom stereocenters. The highest BCUT2D eigenvalue weighted by Gasteiger charge is 2.13. The second-order valence-corrected chi connectivity index (χ2v) is 6.22. The number of benzene rings is 2. The minimum atomic E-state index is -0.211. The van der Waals surface area contributed by atoms with Crippen molar-refractivity contribution in [2.24, 2.45) is 0 Å². The molecule has 4 heteroatoms. The minimum Gasteiger partial charge on any atom is -0.354 e. The van der Waals surface area contributed by atoms with Crippen molar-refractivity contribution in [2.45, 2.75) is 33.1 Å². The lowest BCUT2D eigenvalue weighted by Crippen LogP contribution is -2.07. The van der Waals surface area contributed by atoms with E-state index in [1.807, 2.05) is 24.3 Å². The van der Waals surface area contributed by atoms with Gasteiger partial charge in [0, 0.05) is 23.2 Å². The summed E-state index contributed by atoms with van der Waals surface area (Å²) in [5.41, 5.74) is 2.73. The maximum absolute atomic E-state index is 14.1. The lowest BCUT2D eigenvalue weighted by molar-refractivity contribution is 0.640. The second kappa shape index (κ2) is 6.95. The van der Waals surface area contributed by atoms with Crippen LogP contribution in [-0.4, -0.2) is 16.5 Å². The third-order valence-corrected chi connectivity index (χ3v) is 4.02. The van der Waals surface area contributed by atoms with E-state index in [2.05, 4.69) is 36.1 Å². The summed E-state index contributed by atoms with van der Waals surface area (Å²) in [4.78, 5) is 9.26. The van der Waals surface area contributed by atoms with Crippen molar-refractivity contribution in [1.82, 2.24) is 9.97 Å². The Bertz CT molecular complexity index is 859. The van der Waals surface area contributed by atoms with Gasteiger partial charge in [-0.25, -0.2) is 14.4 Å². The number of halogens is 1. The molecule has 0 fully saturated rings. The molecule has 24 heavy (non-hydrogen) atoms. The van der Waals surface area contributed by atoms with E-state index < -0.39 is 0 Å². The smallest absolute Gasteiger partial charge is 0.223 e. The number of fused-ring (bicyclic) bond motifs is 1. The van der Waals surface area contributed by atoms with Gasteiger partial charge in [-0.1, -0.05) is 45.0 Å². The van der Waals surface area contributed by atoms with Crippen LogP contribution in [0, 0.1) is 5.82 Å². The van der Waals surface area contributed by atoms with Crippen LogP contribution in [0.1, 0.15) is 38.8 Å². The number of aromatic nitrogens is 2. The van der Waals surface area contributed by atoms with Crippen LogP contribution in [0.2, 0.25) is 0 Å². The second-order valence-electron chi connectivity index (χ2n) is 6.22. The van der Waals surface area contributed by atoms with Crippen LogP contribution in [0.5, 0.6) is 0 Å². The fraction of sp³-hybridized carbons (Fsp3) is 0.300. The average molecular weight is 323 g/mol. The number of hydrogen-bond donors (Lipinski definition) is 1. The summed E-state index contributed by atoms with van der Waals surface area (Å²) >= 11 is 0. The zero-order valence-electron chi connectivity index (χ0n) is 14.3. The van der Waals surface area contributed by atoms with Crippen LogP contribution in [0.15, 0.2) is 42.5 Å². The average Bonchev–Trinajstić information content (AvgIpc) is 2.60. The number of anilines is 1. The van der Waals surface area contributed by atoms with E-state index >= 15 is 0 Å². The van der Waals surface area contributed by atoms with Crippen molar-refractivity contribution in [2.75, 3.05) is 11.9 Å². The number of rotatable bonds is 5. The Morgan fingerprint density at radius 3 is 2.50 bits per heavy atom. The van der Waals surface area contributed by atoms with E-state index in [1.54, 1.807) is 12.1 Å². The predicted molar refractivity (Wildman–Crippen MR) is 97.8 cm³/mol. The standard InChI is InChI=1S/C20H22FN3/c1-4-11-22-20-23-18(13(2)3)12-19(24-20)16-9-10-17(21)15-8-6-5-7-14(15)16/h5-10,12-13H,4,11H2,1-3H3,(H,22,23,24). The summed E-state index contributed by atoms with van der Waals surface area (Å²) < 4.78 is 14.1. The van der Waals surface area contributed by atoms with Crippen LogP contribution < -0.4 is 5.32 Å². The van der Waals surface area contributed by atoms with Crippen molar-refractivity contribution in [3.8, 4) is 11.3 Å². The highest BCUT2D eigenvalue weighted by Crippen LogP contribution is 2.31. The molecule has 3 rings (SSSR count). The first kappa shape index (κ1) is 16.4. The van der Waals surface area contributed by atoms with E-state index in [0.717, 1.165) is 35.3 Å². The Labute approximate surface area is 142 Å². The Morgan fingerprint density at radius 2 is 1.79 bits per heavy atom. The molecule has 0 radical (unpaired) electrons. The summed E-state index contributed by atoms with van der Waals surface area (Å²) in [6.07, 6.45) is 1.00. The summed E-state index contributed by atoms with van der Waals surface area (Å²) in [5, 5.41) is 4.74. The van der Waals surface area contributed by atoms with Gasteiger partial charge in [0.05, 0.1) is 5.69 Å². The lowest BCUT2D eigenvalue weighted by atomic mass is 10.00. The maximum Gasteiger partial charge on any atom is 0.223 e. The van der Waals surface area contributed by atoms with Crippen LogP contribution >= 0.6 is 0 Å². The largest absolute Gasteiger partial charge is 0.354 e. The highest BCUT2D eigenvalue weighted by molar-refractivity contribution is 5.96. The van der Waals surface area contributed by atoms with Gasteiger partial charge in [0.15, 0.2) is 0 Å². The summed E-state index contributed by atoms with van der Waals surface area (Å²) in [6, 6.07) is 12.8. The summed E-state index contributed by atoms with van der Waals surface area (Å²) in [5.74, 6) is 0.712. The first-order chi connectivity index (χ1) is 11.6. The van der Waals surface area contributed by atoms with E-state index in [0.29, 0.717) is 17.3 Å². The minimum absolute atomic E-state index is 0.211. The van der Waals surface area contributed by atoms with Crippen molar-refractivity contribution < 1.29 is 4.39 Å². The lowest BCUT2D eigenvalue weighted by Gasteiger charge is -2.13. The van der Waals surface area contributed by atoms with E-state index in [4.69, 9.17) is 0 Å². The molecule has 3 aromatic rings. The van der Waals surface area contributed by atoms with Crippen LogP contribution in [0.4, 0.5) is 10.3 Å². The monoisotopic (exact) mass is 323 g/mol. The molecule has 2 aromatic carbocycles. The topological polar surface area (TPSA) is 37.8 Å². The van der Waals surface area contributed by atoms with E-state index in [-0.39, 0.29) is 5.82 Å². The molecule has 1 N–H and O–H groups in total. The fourth-order valence-electron chi connectivity index (χ4n) is 2.70. The quantitative estimate of drug-likeness (QED) is 0.685.